The van der Waals surface area contributed by atoms with Gasteiger partial charge < -0.3 is 14.8 Å². The van der Waals surface area contributed by atoms with Crippen molar-refractivity contribution in [1.29, 1.82) is 0 Å². The molecule has 0 aliphatic heterocycles. The summed E-state index contributed by atoms with van der Waals surface area (Å²) in [4.78, 5) is 33.7. The fourth-order valence-electron chi connectivity index (χ4n) is 4.69. The van der Waals surface area contributed by atoms with Crippen molar-refractivity contribution in [3.63, 3.8) is 0 Å². The van der Waals surface area contributed by atoms with E-state index in [1.54, 1.807) is 4.90 Å². The minimum Gasteiger partial charge on any atom is -0.361 e. The first kappa shape index (κ1) is 27.5. The highest BCUT2D eigenvalue weighted by Crippen LogP contribution is 2.19. The summed E-state index contributed by atoms with van der Waals surface area (Å²) in [7, 11) is 0. The molecular formula is C31H43N3O2. The standard InChI is InChI=1S/C31H43N3O2/c1-4-5-6-7-11-18-30(35)34(22-25(2)3)24-31(36)33(23-26-14-9-8-10-15-26)20-19-27-21-32-29-17-13-12-16-28(27)29/h8-10,12-17,21,25,32H,4-7,11,18-20,22-24H2,1-3H3. The molecule has 0 spiro atoms. The zero-order chi connectivity index (χ0) is 25.8. The van der Waals surface area contributed by atoms with Gasteiger partial charge >= 0.3 is 0 Å². The molecule has 0 unspecified atom stereocenters. The fraction of sp³-hybridized carbons (Fsp3) is 0.484. The summed E-state index contributed by atoms with van der Waals surface area (Å²) in [6.07, 6.45) is 8.89. The minimum atomic E-state index is 0.0127. The molecule has 0 aliphatic rings. The van der Waals surface area contributed by atoms with E-state index in [4.69, 9.17) is 0 Å². The van der Waals surface area contributed by atoms with Crippen LogP contribution in [0.3, 0.4) is 0 Å². The molecule has 2 aromatic carbocycles. The molecule has 3 rings (SSSR count). The average Bonchev–Trinajstić information content (AvgIpc) is 3.29. The number of carbonyl (C=O) groups is 2. The molecule has 0 fully saturated rings. The number of aromatic amines is 1. The van der Waals surface area contributed by atoms with Gasteiger partial charge in [0, 0.05) is 43.2 Å². The van der Waals surface area contributed by atoms with E-state index in [0.29, 0.717) is 32.0 Å². The molecular weight excluding hydrogens is 446 g/mol. The van der Waals surface area contributed by atoms with Crippen LogP contribution in [0.15, 0.2) is 60.8 Å². The lowest BCUT2D eigenvalue weighted by atomic mass is 10.1. The Balaban J connectivity index is 1.69. The van der Waals surface area contributed by atoms with Gasteiger partial charge in [0.15, 0.2) is 0 Å². The Kier molecular flexibility index (Phi) is 11.1. The van der Waals surface area contributed by atoms with E-state index in [-0.39, 0.29) is 18.4 Å². The van der Waals surface area contributed by atoms with Crippen LogP contribution >= 0.6 is 0 Å². The molecule has 0 saturated heterocycles. The Hall–Kier alpha value is -3.08. The number of unbranched alkanes of at least 4 members (excludes halogenated alkanes) is 4. The third-order valence-electron chi connectivity index (χ3n) is 6.65. The van der Waals surface area contributed by atoms with Gasteiger partial charge in [0.25, 0.3) is 0 Å². The van der Waals surface area contributed by atoms with Crippen molar-refractivity contribution in [2.45, 2.75) is 72.3 Å². The van der Waals surface area contributed by atoms with Gasteiger partial charge in [-0.15, -0.1) is 0 Å². The van der Waals surface area contributed by atoms with Crippen LogP contribution in [0.4, 0.5) is 0 Å². The second kappa shape index (κ2) is 14.5. The highest BCUT2D eigenvalue weighted by molar-refractivity contribution is 5.85. The van der Waals surface area contributed by atoms with Crippen molar-refractivity contribution in [2.75, 3.05) is 19.6 Å². The van der Waals surface area contributed by atoms with Crippen molar-refractivity contribution in [1.82, 2.24) is 14.8 Å². The van der Waals surface area contributed by atoms with Crippen molar-refractivity contribution in [3.8, 4) is 0 Å². The molecule has 0 saturated carbocycles. The molecule has 36 heavy (non-hydrogen) atoms. The third-order valence-corrected chi connectivity index (χ3v) is 6.65. The zero-order valence-electron chi connectivity index (χ0n) is 22.3. The number of aromatic nitrogens is 1. The molecule has 1 N–H and O–H groups in total. The van der Waals surface area contributed by atoms with Crippen LogP contribution in [-0.4, -0.2) is 46.2 Å². The third kappa shape index (κ3) is 8.54. The SMILES string of the molecule is CCCCCCCC(=O)N(CC(=O)N(CCc1c[nH]c2ccccc12)Cc1ccccc1)CC(C)C. The van der Waals surface area contributed by atoms with Crippen LogP contribution in [0, 0.1) is 5.92 Å². The van der Waals surface area contributed by atoms with Gasteiger partial charge in [0.1, 0.15) is 0 Å². The van der Waals surface area contributed by atoms with Gasteiger partial charge in [0.05, 0.1) is 6.54 Å². The summed E-state index contributed by atoms with van der Waals surface area (Å²) in [6, 6.07) is 18.4. The Morgan fingerprint density at radius 2 is 1.58 bits per heavy atom. The molecule has 0 atom stereocenters. The van der Waals surface area contributed by atoms with Crippen LogP contribution in [0.1, 0.15) is 70.4 Å². The number of amides is 2. The molecule has 5 heteroatoms. The number of hydrogen-bond acceptors (Lipinski definition) is 2. The summed E-state index contributed by atoms with van der Waals surface area (Å²) in [5.41, 5.74) is 3.42. The molecule has 0 bridgehead atoms. The van der Waals surface area contributed by atoms with Crippen molar-refractivity contribution < 1.29 is 9.59 Å². The molecule has 3 aromatic rings. The minimum absolute atomic E-state index is 0.0127. The number of nitrogens with zero attached hydrogens (tertiary/aromatic N) is 2. The maximum atomic E-state index is 13.6. The van der Waals surface area contributed by atoms with Crippen LogP contribution in [0.25, 0.3) is 10.9 Å². The number of para-hydroxylation sites is 1. The number of H-pyrrole nitrogens is 1. The Bertz CT molecular complexity index is 1070. The molecule has 0 radical (unpaired) electrons. The molecule has 1 aromatic heterocycles. The first-order valence-corrected chi connectivity index (χ1v) is 13.6. The van der Waals surface area contributed by atoms with E-state index in [2.05, 4.69) is 50.0 Å². The first-order valence-electron chi connectivity index (χ1n) is 13.6. The molecule has 1 heterocycles. The predicted molar refractivity (Wildman–Crippen MR) is 149 cm³/mol. The van der Waals surface area contributed by atoms with Crippen molar-refractivity contribution in [3.05, 3.63) is 71.9 Å². The number of carbonyl (C=O) groups excluding carboxylic acids is 2. The van der Waals surface area contributed by atoms with Crippen molar-refractivity contribution in [2.24, 2.45) is 5.92 Å². The number of nitrogens with one attached hydrogen (secondary N) is 1. The zero-order valence-corrected chi connectivity index (χ0v) is 22.3. The highest BCUT2D eigenvalue weighted by Gasteiger charge is 2.22. The molecule has 194 valence electrons. The van der Waals surface area contributed by atoms with Gasteiger partial charge in [0.2, 0.25) is 11.8 Å². The normalized spacial score (nSPS) is 11.2. The van der Waals surface area contributed by atoms with E-state index < -0.39 is 0 Å². The molecule has 0 aliphatic carbocycles. The summed E-state index contributed by atoms with van der Waals surface area (Å²) in [5.74, 6) is 0.430. The Morgan fingerprint density at radius 3 is 2.33 bits per heavy atom. The number of fused-ring (bicyclic) bond motifs is 1. The summed E-state index contributed by atoms with van der Waals surface area (Å²) in [6.45, 7) is 8.31. The quantitative estimate of drug-likeness (QED) is 0.245. The lowest BCUT2D eigenvalue weighted by molar-refractivity contribution is -0.141. The van der Waals surface area contributed by atoms with Crippen LogP contribution in [0.2, 0.25) is 0 Å². The van der Waals surface area contributed by atoms with Gasteiger partial charge in [-0.3, -0.25) is 9.59 Å². The molecule has 2 amide bonds. The average molecular weight is 490 g/mol. The van der Waals surface area contributed by atoms with E-state index in [0.717, 1.165) is 30.3 Å². The second-order valence-electron chi connectivity index (χ2n) is 10.2. The highest BCUT2D eigenvalue weighted by atomic mass is 16.2. The lowest BCUT2D eigenvalue weighted by Gasteiger charge is -2.29. The van der Waals surface area contributed by atoms with Crippen LogP contribution < -0.4 is 0 Å². The van der Waals surface area contributed by atoms with Gasteiger partial charge in [-0.05, 0) is 36.0 Å². The largest absolute Gasteiger partial charge is 0.361 e. The summed E-state index contributed by atoms with van der Waals surface area (Å²) < 4.78 is 0. The Labute approximate surface area is 216 Å². The van der Waals surface area contributed by atoms with E-state index in [9.17, 15) is 9.59 Å². The summed E-state index contributed by atoms with van der Waals surface area (Å²) in [5, 5.41) is 1.20. The van der Waals surface area contributed by atoms with Crippen LogP contribution in [-0.2, 0) is 22.6 Å². The predicted octanol–water partition coefficient (Wildman–Crippen LogP) is 6.58. The van der Waals surface area contributed by atoms with E-state index in [1.165, 1.54) is 30.2 Å². The number of rotatable bonds is 15. The van der Waals surface area contributed by atoms with Gasteiger partial charge in [-0.1, -0.05) is 95.0 Å². The number of hydrogen-bond donors (Lipinski definition) is 1. The van der Waals surface area contributed by atoms with Gasteiger partial charge in [-0.2, -0.15) is 0 Å². The maximum absolute atomic E-state index is 13.6. The number of benzene rings is 2. The van der Waals surface area contributed by atoms with Gasteiger partial charge in [-0.25, -0.2) is 0 Å². The smallest absolute Gasteiger partial charge is 0.242 e. The fourth-order valence-corrected chi connectivity index (χ4v) is 4.69. The Morgan fingerprint density at radius 1 is 0.861 bits per heavy atom. The molecule has 5 nitrogen and oxygen atoms in total. The monoisotopic (exact) mass is 489 g/mol. The van der Waals surface area contributed by atoms with Crippen LogP contribution in [0.5, 0.6) is 0 Å². The topological polar surface area (TPSA) is 56.4 Å². The maximum Gasteiger partial charge on any atom is 0.242 e. The van der Waals surface area contributed by atoms with E-state index in [1.807, 2.05) is 41.4 Å². The first-order chi connectivity index (χ1) is 17.5. The second-order valence-corrected chi connectivity index (χ2v) is 10.2. The lowest BCUT2D eigenvalue weighted by Crippen LogP contribution is -2.44. The van der Waals surface area contributed by atoms with Crippen molar-refractivity contribution >= 4 is 22.7 Å². The van der Waals surface area contributed by atoms with E-state index >= 15 is 0 Å². The summed E-state index contributed by atoms with van der Waals surface area (Å²) >= 11 is 0.